The Morgan fingerprint density at radius 3 is 2.69 bits per heavy atom. The van der Waals surface area contributed by atoms with Crippen LogP contribution in [0.2, 0.25) is 0 Å². The van der Waals surface area contributed by atoms with Crippen LogP contribution in [0.5, 0.6) is 0 Å². The first kappa shape index (κ1) is 14.3. The van der Waals surface area contributed by atoms with Gasteiger partial charge in [0, 0.05) is 17.8 Å². The second kappa shape index (κ2) is 6.27. The van der Waals surface area contributed by atoms with E-state index in [2.05, 4.69) is 56.8 Å². The molecular formula is C13H28N2S. The lowest BCUT2D eigenvalue weighted by Crippen LogP contribution is -2.50. The van der Waals surface area contributed by atoms with E-state index in [1.165, 1.54) is 30.9 Å². The summed E-state index contributed by atoms with van der Waals surface area (Å²) in [4.78, 5) is 2.26. The van der Waals surface area contributed by atoms with Crippen LogP contribution in [0, 0.1) is 5.41 Å². The van der Waals surface area contributed by atoms with Crippen LogP contribution in [0.25, 0.3) is 0 Å². The third-order valence-corrected chi connectivity index (χ3v) is 4.68. The molecule has 1 fully saturated rings. The van der Waals surface area contributed by atoms with Crippen LogP contribution in [0.4, 0.5) is 0 Å². The minimum absolute atomic E-state index is 0.470. The molecule has 0 aliphatic carbocycles. The topological polar surface area (TPSA) is 15.3 Å². The van der Waals surface area contributed by atoms with E-state index in [1.807, 2.05) is 0 Å². The van der Waals surface area contributed by atoms with Crippen molar-refractivity contribution in [2.24, 2.45) is 5.41 Å². The predicted octanol–water partition coefficient (Wildman–Crippen LogP) is 2.45. The first-order valence-electron chi connectivity index (χ1n) is 6.40. The fourth-order valence-corrected chi connectivity index (χ4v) is 3.71. The Hall–Kier alpha value is 0.270. The van der Waals surface area contributed by atoms with Gasteiger partial charge in [0.1, 0.15) is 0 Å². The largest absolute Gasteiger partial charge is 0.310 e. The van der Waals surface area contributed by atoms with Gasteiger partial charge in [0.05, 0.1) is 0 Å². The van der Waals surface area contributed by atoms with Crippen molar-refractivity contribution in [2.45, 2.75) is 45.7 Å². The molecule has 2 nitrogen and oxygen atoms in total. The van der Waals surface area contributed by atoms with Gasteiger partial charge in [-0.2, -0.15) is 11.8 Å². The molecule has 0 aromatic rings. The zero-order chi connectivity index (χ0) is 12.2. The summed E-state index contributed by atoms with van der Waals surface area (Å²) in [5, 5.41) is 3.82. The smallest absolute Gasteiger partial charge is 0.0212 e. The molecule has 96 valence electrons. The Kier molecular flexibility index (Phi) is 5.62. The van der Waals surface area contributed by atoms with Crippen molar-refractivity contribution in [2.75, 3.05) is 32.1 Å². The van der Waals surface area contributed by atoms with Gasteiger partial charge in [0.2, 0.25) is 0 Å². The Labute approximate surface area is 106 Å². The highest BCUT2D eigenvalue weighted by Crippen LogP contribution is 2.34. The third-order valence-electron chi connectivity index (χ3n) is 3.61. The molecule has 0 aromatic carbocycles. The van der Waals surface area contributed by atoms with Gasteiger partial charge in [-0.1, -0.05) is 13.8 Å². The molecular weight excluding hydrogens is 216 g/mol. The van der Waals surface area contributed by atoms with Crippen molar-refractivity contribution in [1.29, 1.82) is 0 Å². The number of thioether (sulfide) groups is 1. The zero-order valence-corrected chi connectivity index (χ0v) is 12.4. The van der Waals surface area contributed by atoms with E-state index in [-0.39, 0.29) is 0 Å². The van der Waals surface area contributed by atoms with Gasteiger partial charge in [-0.05, 0) is 51.6 Å². The Bertz CT molecular complexity index is 204. The molecule has 2 atom stereocenters. The Balaban J connectivity index is 2.34. The predicted molar refractivity (Wildman–Crippen MR) is 75.3 cm³/mol. The summed E-state index contributed by atoms with van der Waals surface area (Å²) in [7, 11) is 4.29. The molecule has 0 amide bonds. The summed E-state index contributed by atoms with van der Waals surface area (Å²) in [6.45, 7) is 8.30. The van der Waals surface area contributed by atoms with Crippen LogP contribution in [0.3, 0.4) is 0 Å². The number of nitrogens with one attached hydrogen (secondary N) is 1. The van der Waals surface area contributed by atoms with Crippen LogP contribution >= 0.6 is 11.8 Å². The van der Waals surface area contributed by atoms with Crippen LogP contribution in [0.1, 0.15) is 33.6 Å². The summed E-state index contributed by atoms with van der Waals surface area (Å²) in [6, 6.07) is 1.31. The molecule has 0 aromatic heterocycles. The summed E-state index contributed by atoms with van der Waals surface area (Å²) < 4.78 is 0. The first-order chi connectivity index (χ1) is 7.42. The van der Waals surface area contributed by atoms with E-state index in [9.17, 15) is 0 Å². The van der Waals surface area contributed by atoms with Gasteiger partial charge in [0.25, 0.3) is 0 Å². The monoisotopic (exact) mass is 244 g/mol. The summed E-state index contributed by atoms with van der Waals surface area (Å²) in [5.74, 6) is 2.61. The molecule has 0 saturated carbocycles. The van der Waals surface area contributed by atoms with Crippen molar-refractivity contribution in [3.8, 4) is 0 Å². The molecule has 2 unspecified atom stereocenters. The van der Waals surface area contributed by atoms with Gasteiger partial charge in [-0.3, -0.25) is 0 Å². The maximum atomic E-state index is 3.82. The molecule has 0 radical (unpaired) electrons. The molecule has 16 heavy (non-hydrogen) atoms. The molecule has 1 aliphatic heterocycles. The SMILES string of the molecule is CC(CCN(C)C)NC1CSCCC1(C)C. The average Bonchev–Trinajstić information content (AvgIpc) is 2.18. The maximum Gasteiger partial charge on any atom is 0.0212 e. The second-order valence-electron chi connectivity index (χ2n) is 6.03. The van der Waals surface area contributed by atoms with Gasteiger partial charge in [0.15, 0.2) is 0 Å². The van der Waals surface area contributed by atoms with Crippen molar-refractivity contribution in [3.05, 3.63) is 0 Å². The molecule has 3 heteroatoms. The van der Waals surface area contributed by atoms with Gasteiger partial charge in [-0.25, -0.2) is 0 Å². The quantitative estimate of drug-likeness (QED) is 0.800. The van der Waals surface area contributed by atoms with Crippen LogP contribution in [-0.2, 0) is 0 Å². The lowest BCUT2D eigenvalue weighted by Gasteiger charge is -2.40. The Morgan fingerprint density at radius 2 is 2.12 bits per heavy atom. The van der Waals surface area contributed by atoms with Crippen molar-refractivity contribution >= 4 is 11.8 Å². The van der Waals surface area contributed by atoms with E-state index >= 15 is 0 Å². The van der Waals surface area contributed by atoms with Crippen molar-refractivity contribution in [3.63, 3.8) is 0 Å². The minimum atomic E-state index is 0.470. The van der Waals surface area contributed by atoms with Gasteiger partial charge < -0.3 is 10.2 Å². The molecule has 1 saturated heterocycles. The summed E-state index contributed by atoms with van der Waals surface area (Å²) >= 11 is 2.10. The van der Waals surface area contributed by atoms with Crippen LogP contribution in [-0.4, -0.2) is 49.1 Å². The average molecular weight is 244 g/mol. The summed E-state index contributed by atoms with van der Waals surface area (Å²) in [5.41, 5.74) is 0.470. The second-order valence-corrected chi connectivity index (χ2v) is 7.18. The standard InChI is InChI=1S/C13H28N2S/c1-11(6-8-15(4)5)14-12-10-16-9-7-13(12,2)3/h11-12,14H,6-10H2,1-5H3. The number of hydrogen-bond donors (Lipinski definition) is 1. The molecule has 1 aliphatic rings. The third kappa shape index (κ3) is 4.64. The highest BCUT2D eigenvalue weighted by molar-refractivity contribution is 7.99. The summed E-state index contributed by atoms with van der Waals surface area (Å²) in [6.07, 6.45) is 2.58. The van der Waals surface area contributed by atoms with E-state index in [4.69, 9.17) is 0 Å². The van der Waals surface area contributed by atoms with Crippen molar-refractivity contribution in [1.82, 2.24) is 10.2 Å². The number of rotatable bonds is 5. The van der Waals surface area contributed by atoms with E-state index in [0.29, 0.717) is 17.5 Å². The molecule has 1 rings (SSSR count). The Morgan fingerprint density at radius 1 is 1.44 bits per heavy atom. The van der Waals surface area contributed by atoms with E-state index < -0.39 is 0 Å². The molecule has 1 N–H and O–H groups in total. The highest BCUT2D eigenvalue weighted by Gasteiger charge is 2.32. The number of nitrogens with zero attached hydrogens (tertiary/aromatic N) is 1. The van der Waals surface area contributed by atoms with Crippen LogP contribution < -0.4 is 5.32 Å². The fourth-order valence-electron chi connectivity index (χ4n) is 2.09. The minimum Gasteiger partial charge on any atom is -0.310 e. The molecule has 0 spiro atoms. The van der Waals surface area contributed by atoms with E-state index in [0.717, 1.165) is 0 Å². The van der Waals surface area contributed by atoms with Crippen molar-refractivity contribution < 1.29 is 0 Å². The normalized spacial score (nSPS) is 27.0. The fraction of sp³-hybridized carbons (Fsp3) is 1.00. The lowest BCUT2D eigenvalue weighted by atomic mass is 9.82. The number of hydrogen-bond acceptors (Lipinski definition) is 3. The van der Waals surface area contributed by atoms with Crippen LogP contribution in [0.15, 0.2) is 0 Å². The van der Waals surface area contributed by atoms with Gasteiger partial charge >= 0.3 is 0 Å². The highest BCUT2D eigenvalue weighted by atomic mass is 32.2. The van der Waals surface area contributed by atoms with Gasteiger partial charge in [-0.15, -0.1) is 0 Å². The zero-order valence-electron chi connectivity index (χ0n) is 11.5. The lowest BCUT2D eigenvalue weighted by molar-refractivity contribution is 0.223. The molecule has 1 heterocycles. The van der Waals surface area contributed by atoms with E-state index in [1.54, 1.807) is 0 Å². The molecule has 0 bridgehead atoms. The first-order valence-corrected chi connectivity index (χ1v) is 7.56. The maximum absolute atomic E-state index is 3.82.